The first-order valence-electron chi connectivity index (χ1n) is 7.47. The summed E-state index contributed by atoms with van der Waals surface area (Å²) in [6.45, 7) is 0.742. The Kier molecular flexibility index (Phi) is 4.59. The third-order valence-electron chi connectivity index (χ3n) is 4.20. The number of nitrogens with one attached hydrogen (secondary N) is 1. The van der Waals surface area contributed by atoms with Crippen LogP contribution in [0, 0.1) is 10.1 Å². The Morgan fingerprint density at radius 3 is 2.54 bits per heavy atom. The van der Waals surface area contributed by atoms with Crippen LogP contribution >= 0.6 is 11.6 Å². The Balaban J connectivity index is 2.13. The number of nitro groups is 1. The van der Waals surface area contributed by atoms with E-state index in [1.807, 2.05) is 12.1 Å². The Bertz CT molecular complexity index is 794. The van der Waals surface area contributed by atoms with Crippen LogP contribution in [0.3, 0.4) is 0 Å². The number of halogens is 1. The van der Waals surface area contributed by atoms with E-state index in [0.717, 1.165) is 24.1 Å². The topological polar surface area (TPSA) is 73.6 Å². The fourth-order valence-corrected chi connectivity index (χ4v) is 3.25. The van der Waals surface area contributed by atoms with Gasteiger partial charge in [0, 0.05) is 23.7 Å². The van der Waals surface area contributed by atoms with Gasteiger partial charge in [-0.05, 0) is 41.3 Å². The summed E-state index contributed by atoms with van der Waals surface area (Å²) in [4.78, 5) is 10.7. The normalized spacial score (nSPS) is 16.4. The average molecular weight is 349 g/mol. The first-order valence-corrected chi connectivity index (χ1v) is 7.85. The van der Waals surface area contributed by atoms with Crippen molar-refractivity contribution in [2.45, 2.75) is 12.5 Å². The Hall–Kier alpha value is -2.31. The van der Waals surface area contributed by atoms with Crippen molar-refractivity contribution in [3.8, 4) is 11.5 Å². The summed E-state index contributed by atoms with van der Waals surface area (Å²) in [5, 5.41) is 15.0. The molecule has 0 radical (unpaired) electrons. The Labute approximate surface area is 144 Å². The third kappa shape index (κ3) is 2.90. The van der Waals surface area contributed by atoms with Gasteiger partial charge in [0.15, 0.2) is 11.5 Å². The van der Waals surface area contributed by atoms with E-state index in [9.17, 15) is 10.1 Å². The number of methoxy groups -OCH3 is 2. The number of ether oxygens (including phenoxy) is 2. The molecule has 24 heavy (non-hydrogen) atoms. The summed E-state index contributed by atoms with van der Waals surface area (Å²) >= 11 is 6.31. The molecule has 7 heteroatoms. The predicted molar refractivity (Wildman–Crippen MR) is 91.2 cm³/mol. The lowest BCUT2D eigenvalue weighted by atomic mass is 9.89. The summed E-state index contributed by atoms with van der Waals surface area (Å²) in [5.41, 5.74) is 2.79. The van der Waals surface area contributed by atoms with Gasteiger partial charge in [0.2, 0.25) is 0 Å². The van der Waals surface area contributed by atoms with Gasteiger partial charge in [-0.2, -0.15) is 0 Å². The van der Waals surface area contributed by atoms with Gasteiger partial charge in [-0.3, -0.25) is 10.1 Å². The fourth-order valence-electron chi connectivity index (χ4n) is 3.03. The molecule has 6 nitrogen and oxygen atoms in total. The van der Waals surface area contributed by atoms with Crippen LogP contribution < -0.4 is 14.8 Å². The lowest BCUT2D eigenvalue weighted by molar-refractivity contribution is -0.384. The summed E-state index contributed by atoms with van der Waals surface area (Å²) in [6.07, 6.45) is 0.832. The minimum Gasteiger partial charge on any atom is -0.493 e. The molecule has 1 aliphatic rings. The Morgan fingerprint density at radius 2 is 1.88 bits per heavy atom. The van der Waals surface area contributed by atoms with Crippen molar-refractivity contribution in [2.24, 2.45) is 0 Å². The second-order valence-electron chi connectivity index (χ2n) is 5.51. The standard InChI is InChI=1S/C17H17ClN2O4/c1-23-15-7-10-5-6-19-17(12(10)9-16(15)24-2)13-8-11(20(21)22)3-4-14(13)18/h3-4,7-9,17,19H,5-6H2,1-2H3. The van der Waals surface area contributed by atoms with E-state index >= 15 is 0 Å². The lowest BCUT2D eigenvalue weighted by Gasteiger charge is -2.29. The number of benzene rings is 2. The van der Waals surface area contributed by atoms with Crippen LogP contribution in [0.4, 0.5) is 5.69 Å². The van der Waals surface area contributed by atoms with E-state index in [-0.39, 0.29) is 11.7 Å². The number of non-ortho nitro benzene ring substituents is 1. The van der Waals surface area contributed by atoms with E-state index in [1.165, 1.54) is 12.1 Å². The molecule has 3 rings (SSSR count). The number of fused-ring (bicyclic) bond motifs is 1. The van der Waals surface area contributed by atoms with Gasteiger partial charge < -0.3 is 14.8 Å². The average Bonchev–Trinajstić information content (AvgIpc) is 2.60. The first kappa shape index (κ1) is 16.5. The maximum atomic E-state index is 11.1. The molecule has 0 amide bonds. The minimum absolute atomic E-state index is 0.0174. The molecule has 2 aromatic carbocycles. The monoisotopic (exact) mass is 348 g/mol. The molecule has 0 saturated heterocycles. The van der Waals surface area contributed by atoms with E-state index in [2.05, 4.69) is 5.32 Å². The van der Waals surface area contributed by atoms with Crippen molar-refractivity contribution in [2.75, 3.05) is 20.8 Å². The van der Waals surface area contributed by atoms with Crippen LogP contribution in [0.15, 0.2) is 30.3 Å². The molecule has 0 saturated carbocycles. The minimum atomic E-state index is -0.418. The SMILES string of the molecule is COc1cc2c(cc1OC)C(c1cc([N+](=O)[O-])ccc1Cl)NCC2. The van der Waals surface area contributed by atoms with Crippen LogP contribution in [0.2, 0.25) is 5.02 Å². The van der Waals surface area contributed by atoms with Crippen molar-refractivity contribution in [3.05, 3.63) is 62.2 Å². The lowest BCUT2D eigenvalue weighted by Crippen LogP contribution is -2.31. The van der Waals surface area contributed by atoms with E-state index in [1.54, 1.807) is 20.3 Å². The zero-order valence-electron chi connectivity index (χ0n) is 13.3. The van der Waals surface area contributed by atoms with Crippen LogP contribution in [0.5, 0.6) is 11.5 Å². The van der Waals surface area contributed by atoms with Gasteiger partial charge >= 0.3 is 0 Å². The van der Waals surface area contributed by atoms with Crippen LogP contribution in [-0.2, 0) is 6.42 Å². The third-order valence-corrected chi connectivity index (χ3v) is 4.54. The molecule has 1 N–H and O–H groups in total. The number of nitro benzene ring substituents is 1. The van der Waals surface area contributed by atoms with Crippen LogP contribution in [-0.4, -0.2) is 25.7 Å². The molecule has 1 unspecified atom stereocenters. The zero-order valence-corrected chi connectivity index (χ0v) is 14.1. The Morgan fingerprint density at radius 1 is 1.17 bits per heavy atom. The maximum absolute atomic E-state index is 11.1. The highest BCUT2D eigenvalue weighted by molar-refractivity contribution is 6.31. The molecule has 0 fully saturated rings. The summed E-state index contributed by atoms with van der Waals surface area (Å²) in [7, 11) is 3.18. The van der Waals surface area contributed by atoms with Crippen molar-refractivity contribution < 1.29 is 14.4 Å². The van der Waals surface area contributed by atoms with Crippen LogP contribution in [0.25, 0.3) is 0 Å². The molecule has 1 heterocycles. The number of hydrogen-bond donors (Lipinski definition) is 1. The first-order chi connectivity index (χ1) is 11.5. The maximum Gasteiger partial charge on any atom is 0.269 e. The molecule has 126 valence electrons. The second-order valence-corrected chi connectivity index (χ2v) is 5.91. The molecular formula is C17H17ClN2O4. The number of nitrogens with zero attached hydrogens (tertiary/aromatic N) is 1. The number of rotatable bonds is 4. The van der Waals surface area contributed by atoms with E-state index < -0.39 is 4.92 Å². The van der Waals surface area contributed by atoms with Gasteiger partial charge in [-0.25, -0.2) is 0 Å². The van der Waals surface area contributed by atoms with Crippen molar-refractivity contribution in [3.63, 3.8) is 0 Å². The molecular weight excluding hydrogens is 332 g/mol. The highest BCUT2D eigenvalue weighted by Crippen LogP contribution is 2.39. The summed E-state index contributed by atoms with van der Waals surface area (Å²) < 4.78 is 10.7. The quantitative estimate of drug-likeness (QED) is 0.676. The zero-order chi connectivity index (χ0) is 17.3. The summed E-state index contributed by atoms with van der Waals surface area (Å²) in [6, 6.07) is 8.11. The molecule has 0 aliphatic carbocycles. The molecule has 0 aromatic heterocycles. The van der Waals surface area contributed by atoms with Crippen molar-refractivity contribution >= 4 is 17.3 Å². The van der Waals surface area contributed by atoms with Crippen molar-refractivity contribution in [1.29, 1.82) is 0 Å². The van der Waals surface area contributed by atoms with Crippen LogP contribution in [0.1, 0.15) is 22.7 Å². The summed E-state index contributed by atoms with van der Waals surface area (Å²) in [5.74, 6) is 1.29. The van der Waals surface area contributed by atoms with E-state index in [0.29, 0.717) is 22.1 Å². The molecule has 0 spiro atoms. The van der Waals surface area contributed by atoms with Gasteiger partial charge in [0.1, 0.15) is 0 Å². The fraction of sp³-hybridized carbons (Fsp3) is 0.294. The smallest absolute Gasteiger partial charge is 0.269 e. The number of hydrogen-bond acceptors (Lipinski definition) is 5. The van der Waals surface area contributed by atoms with Crippen molar-refractivity contribution in [1.82, 2.24) is 5.32 Å². The molecule has 2 aromatic rings. The highest BCUT2D eigenvalue weighted by atomic mass is 35.5. The van der Waals surface area contributed by atoms with Gasteiger partial charge in [-0.15, -0.1) is 0 Å². The molecule has 0 bridgehead atoms. The van der Waals surface area contributed by atoms with Gasteiger partial charge in [0.05, 0.1) is 25.2 Å². The largest absolute Gasteiger partial charge is 0.493 e. The second kappa shape index (κ2) is 6.67. The van der Waals surface area contributed by atoms with Gasteiger partial charge in [0.25, 0.3) is 5.69 Å². The predicted octanol–water partition coefficient (Wildman–Crippen LogP) is 3.50. The van der Waals surface area contributed by atoms with E-state index in [4.69, 9.17) is 21.1 Å². The molecule has 1 atom stereocenters. The van der Waals surface area contributed by atoms with Gasteiger partial charge in [-0.1, -0.05) is 11.6 Å². The molecule has 1 aliphatic heterocycles. The highest BCUT2D eigenvalue weighted by Gasteiger charge is 2.26.